The van der Waals surface area contributed by atoms with Crippen LogP contribution in [-0.2, 0) is 9.53 Å². The highest BCUT2D eigenvalue weighted by Gasteiger charge is 2.20. The second-order valence-corrected chi connectivity index (χ2v) is 9.11. The zero-order chi connectivity index (χ0) is 21.2. The summed E-state index contributed by atoms with van der Waals surface area (Å²) in [6, 6.07) is 11.8. The molecule has 0 aliphatic heterocycles. The summed E-state index contributed by atoms with van der Waals surface area (Å²) in [5.74, 6) is -0.284. The van der Waals surface area contributed by atoms with E-state index in [1.807, 2.05) is 68.8 Å². The molecule has 3 rings (SSSR count). The van der Waals surface area contributed by atoms with Crippen LogP contribution in [-0.4, -0.2) is 45.8 Å². The number of aryl methyl sites for hydroxylation is 1. The molecule has 0 fully saturated rings. The molecule has 1 amide bonds. The van der Waals surface area contributed by atoms with Crippen molar-refractivity contribution in [2.75, 3.05) is 13.6 Å². The summed E-state index contributed by atoms with van der Waals surface area (Å²) in [6.45, 7) is 7.99. The number of aromatic nitrogens is 2. The van der Waals surface area contributed by atoms with Gasteiger partial charge in [-0.1, -0.05) is 18.2 Å². The lowest BCUT2D eigenvalue weighted by molar-refractivity contribution is -0.154. The molecule has 0 saturated heterocycles. The molecule has 7 heteroatoms. The van der Waals surface area contributed by atoms with Crippen LogP contribution in [0, 0.1) is 6.92 Å². The number of hydrogen-bond donors (Lipinski definition) is 0. The minimum atomic E-state index is -0.486. The Hall–Kier alpha value is -2.67. The molecule has 0 aliphatic rings. The largest absolute Gasteiger partial charge is 0.460 e. The van der Waals surface area contributed by atoms with Gasteiger partial charge in [-0.05, 0) is 52.3 Å². The van der Waals surface area contributed by atoms with Gasteiger partial charge in [0.15, 0.2) is 0 Å². The molecule has 0 saturated carbocycles. The van der Waals surface area contributed by atoms with E-state index in [1.54, 1.807) is 11.9 Å². The molecule has 29 heavy (non-hydrogen) atoms. The maximum absolute atomic E-state index is 12.9. The highest BCUT2D eigenvalue weighted by Crippen LogP contribution is 2.31. The lowest BCUT2D eigenvalue weighted by Crippen LogP contribution is -2.28. The zero-order valence-electron chi connectivity index (χ0n) is 17.6. The van der Waals surface area contributed by atoms with Crippen molar-refractivity contribution >= 4 is 33.4 Å². The van der Waals surface area contributed by atoms with Crippen LogP contribution in [0.1, 0.15) is 49.0 Å². The third-order valence-corrected chi connectivity index (χ3v) is 5.50. The van der Waals surface area contributed by atoms with Crippen molar-refractivity contribution in [3.63, 3.8) is 0 Å². The lowest BCUT2D eigenvalue weighted by atomic mass is 10.2. The molecule has 1 aromatic carbocycles. The molecule has 154 valence electrons. The van der Waals surface area contributed by atoms with Crippen molar-refractivity contribution in [2.24, 2.45) is 0 Å². The van der Waals surface area contributed by atoms with Crippen LogP contribution in [0.25, 0.3) is 15.9 Å². The quantitative estimate of drug-likeness (QED) is 0.555. The number of benzene rings is 1. The van der Waals surface area contributed by atoms with Gasteiger partial charge in [0, 0.05) is 25.4 Å². The van der Waals surface area contributed by atoms with Gasteiger partial charge < -0.3 is 9.64 Å². The molecule has 2 heterocycles. The number of carbonyl (C=O) groups excluding carboxylic acids is 2. The van der Waals surface area contributed by atoms with E-state index in [9.17, 15) is 9.59 Å². The molecular weight excluding hydrogens is 386 g/mol. The monoisotopic (exact) mass is 413 g/mol. The smallest absolute Gasteiger partial charge is 0.306 e. The summed E-state index contributed by atoms with van der Waals surface area (Å²) < 4.78 is 7.20. The van der Waals surface area contributed by atoms with Gasteiger partial charge in [0.1, 0.15) is 10.4 Å². The molecule has 2 aromatic heterocycles. The Balaban J connectivity index is 1.69. The predicted octanol–water partition coefficient (Wildman–Crippen LogP) is 4.59. The van der Waals surface area contributed by atoms with E-state index >= 15 is 0 Å². The van der Waals surface area contributed by atoms with Crippen LogP contribution in [0.4, 0.5) is 0 Å². The lowest BCUT2D eigenvalue weighted by Gasteiger charge is -2.20. The second kappa shape index (κ2) is 8.37. The number of esters is 1. The molecule has 0 aliphatic carbocycles. The van der Waals surface area contributed by atoms with Gasteiger partial charge >= 0.3 is 5.97 Å². The van der Waals surface area contributed by atoms with Crippen LogP contribution in [0.3, 0.4) is 0 Å². The van der Waals surface area contributed by atoms with E-state index < -0.39 is 5.60 Å². The summed E-state index contributed by atoms with van der Waals surface area (Å²) in [4.78, 5) is 28.0. The van der Waals surface area contributed by atoms with Gasteiger partial charge in [0.05, 0.1) is 16.3 Å². The number of carbonyl (C=O) groups is 2. The van der Waals surface area contributed by atoms with E-state index in [2.05, 4.69) is 5.10 Å². The van der Waals surface area contributed by atoms with E-state index in [1.165, 1.54) is 11.3 Å². The first-order valence-corrected chi connectivity index (χ1v) is 10.5. The van der Waals surface area contributed by atoms with Crippen LogP contribution in [0.5, 0.6) is 0 Å². The number of hydrogen-bond acceptors (Lipinski definition) is 5. The Morgan fingerprint density at radius 3 is 2.55 bits per heavy atom. The summed E-state index contributed by atoms with van der Waals surface area (Å²) in [6.07, 6.45) is 0.863. The second-order valence-electron chi connectivity index (χ2n) is 8.08. The van der Waals surface area contributed by atoms with E-state index in [4.69, 9.17) is 4.74 Å². The third kappa shape index (κ3) is 5.03. The van der Waals surface area contributed by atoms with Crippen molar-refractivity contribution in [3.8, 4) is 5.69 Å². The fourth-order valence-electron chi connectivity index (χ4n) is 3.04. The minimum Gasteiger partial charge on any atom is -0.460 e. The third-order valence-electron chi connectivity index (χ3n) is 4.40. The maximum Gasteiger partial charge on any atom is 0.306 e. The summed E-state index contributed by atoms with van der Waals surface area (Å²) >= 11 is 1.44. The highest BCUT2D eigenvalue weighted by molar-refractivity contribution is 7.20. The van der Waals surface area contributed by atoms with Gasteiger partial charge in [-0.3, -0.25) is 9.59 Å². The molecule has 0 spiro atoms. The predicted molar refractivity (Wildman–Crippen MR) is 116 cm³/mol. The number of rotatable bonds is 6. The van der Waals surface area contributed by atoms with Crippen molar-refractivity contribution in [1.29, 1.82) is 0 Å². The molecular formula is C22H27N3O3S. The standard InChI is InChI=1S/C22H27N3O3S/c1-15-17-14-18(29-21(17)25(23-15)16-10-7-6-8-11-16)20(27)24(5)13-9-12-19(26)28-22(2,3)4/h6-8,10-11,14H,9,12-13H2,1-5H3. The molecule has 0 N–H and O–H groups in total. The van der Waals surface area contributed by atoms with Crippen molar-refractivity contribution in [3.05, 3.63) is 47.0 Å². The Kier molecular flexibility index (Phi) is 6.07. The van der Waals surface area contributed by atoms with Crippen LogP contribution in [0.15, 0.2) is 36.4 Å². The first-order valence-electron chi connectivity index (χ1n) is 9.67. The molecule has 3 aromatic rings. The van der Waals surface area contributed by atoms with Crippen molar-refractivity contribution < 1.29 is 14.3 Å². The molecule has 0 unspecified atom stereocenters. The SMILES string of the molecule is Cc1nn(-c2ccccc2)c2sc(C(=O)N(C)CCCC(=O)OC(C)(C)C)cc12. The number of thiophene rings is 1. The first kappa shape index (κ1) is 21.0. The average molecular weight is 414 g/mol. The number of nitrogens with zero attached hydrogens (tertiary/aromatic N) is 3. The highest BCUT2D eigenvalue weighted by atomic mass is 32.1. The van der Waals surface area contributed by atoms with Crippen LogP contribution < -0.4 is 0 Å². The van der Waals surface area contributed by atoms with Crippen LogP contribution in [0.2, 0.25) is 0 Å². The van der Waals surface area contributed by atoms with E-state index in [0.717, 1.165) is 21.6 Å². The molecule has 6 nitrogen and oxygen atoms in total. The maximum atomic E-state index is 12.9. The minimum absolute atomic E-state index is 0.0469. The van der Waals surface area contributed by atoms with Crippen molar-refractivity contribution in [1.82, 2.24) is 14.7 Å². The molecule has 0 bridgehead atoms. The fraction of sp³-hybridized carbons (Fsp3) is 0.409. The van der Waals surface area contributed by atoms with Gasteiger partial charge in [-0.2, -0.15) is 5.10 Å². The molecule has 0 atom stereocenters. The number of fused-ring (bicyclic) bond motifs is 1. The summed E-state index contributed by atoms with van der Waals surface area (Å²) in [5.41, 5.74) is 1.38. The van der Waals surface area contributed by atoms with Gasteiger partial charge in [-0.15, -0.1) is 11.3 Å². The van der Waals surface area contributed by atoms with Crippen molar-refractivity contribution in [2.45, 2.75) is 46.1 Å². The summed E-state index contributed by atoms with van der Waals surface area (Å²) in [5, 5.41) is 5.60. The van der Waals surface area contributed by atoms with Gasteiger partial charge in [-0.25, -0.2) is 4.68 Å². The van der Waals surface area contributed by atoms with E-state index in [-0.39, 0.29) is 11.9 Å². The summed E-state index contributed by atoms with van der Waals surface area (Å²) in [7, 11) is 1.76. The topological polar surface area (TPSA) is 64.4 Å². The first-order chi connectivity index (χ1) is 13.7. The molecule has 0 radical (unpaired) electrons. The normalized spacial score (nSPS) is 11.6. The van der Waals surface area contributed by atoms with Gasteiger partial charge in [0.2, 0.25) is 0 Å². The van der Waals surface area contributed by atoms with Gasteiger partial charge in [0.25, 0.3) is 5.91 Å². The van der Waals surface area contributed by atoms with E-state index in [0.29, 0.717) is 24.3 Å². The Bertz CT molecular complexity index is 1020. The Morgan fingerprint density at radius 1 is 1.21 bits per heavy atom. The number of para-hydroxylation sites is 1. The zero-order valence-corrected chi connectivity index (χ0v) is 18.4. The average Bonchev–Trinajstić information content (AvgIpc) is 3.21. The Labute approximate surface area is 175 Å². The fourth-order valence-corrected chi connectivity index (χ4v) is 4.22. The Morgan fingerprint density at radius 2 is 1.90 bits per heavy atom. The number of amides is 1. The number of ether oxygens (including phenoxy) is 1. The van der Waals surface area contributed by atoms with Crippen LogP contribution >= 0.6 is 11.3 Å².